The third-order valence-electron chi connectivity index (χ3n) is 4.58. The molecule has 0 aliphatic carbocycles. The van der Waals surface area contributed by atoms with Crippen molar-refractivity contribution in [1.82, 2.24) is 15.8 Å². The number of H-pyrrole nitrogens is 1. The average Bonchev–Trinajstić information content (AvgIpc) is 3.21. The molecule has 162 valence electrons. The number of hydrazine groups is 1. The van der Waals surface area contributed by atoms with E-state index in [9.17, 15) is 22.8 Å². The van der Waals surface area contributed by atoms with Crippen LogP contribution in [0.25, 0.3) is 10.9 Å². The molecular weight excluding hydrogens is 423 g/mol. The van der Waals surface area contributed by atoms with Crippen molar-refractivity contribution in [2.45, 2.75) is 6.18 Å². The Morgan fingerprint density at radius 1 is 0.781 bits per heavy atom. The first kappa shape index (κ1) is 21.0. The fourth-order valence-corrected chi connectivity index (χ4v) is 2.98. The summed E-state index contributed by atoms with van der Waals surface area (Å²) in [6.07, 6.45) is -4.50. The molecule has 0 radical (unpaired) electrons. The van der Waals surface area contributed by atoms with Crippen molar-refractivity contribution in [1.29, 1.82) is 0 Å². The molecule has 0 unspecified atom stereocenters. The Morgan fingerprint density at radius 3 is 2.16 bits per heavy atom. The summed E-state index contributed by atoms with van der Waals surface area (Å²) in [7, 11) is 0. The van der Waals surface area contributed by atoms with E-state index in [1.54, 1.807) is 24.3 Å². The highest BCUT2D eigenvalue weighted by Gasteiger charge is 2.30. The quantitative estimate of drug-likeness (QED) is 0.389. The monoisotopic (exact) mass is 439 g/mol. The number of aromatic amines is 1. The van der Waals surface area contributed by atoms with Crippen molar-refractivity contribution in [2.24, 2.45) is 0 Å². The number of para-hydroxylation sites is 1. The van der Waals surface area contributed by atoms with E-state index in [2.05, 4.69) is 15.8 Å². The van der Waals surface area contributed by atoms with Crippen molar-refractivity contribution >= 4 is 22.7 Å². The van der Waals surface area contributed by atoms with Gasteiger partial charge in [0.15, 0.2) is 0 Å². The number of hydrogen-bond donors (Lipinski definition) is 3. The van der Waals surface area contributed by atoms with Gasteiger partial charge >= 0.3 is 6.18 Å². The molecule has 0 bridgehead atoms. The summed E-state index contributed by atoms with van der Waals surface area (Å²) in [6.45, 7) is 0. The molecule has 1 heterocycles. The molecule has 0 aliphatic heterocycles. The molecule has 1 aromatic heterocycles. The van der Waals surface area contributed by atoms with Crippen LogP contribution in [0.5, 0.6) is 11.5 Å². The summed E-state index contributed by atoms with van der Waals surface area (Å²) >= 11 is 0. The zero-order valence-corrected chi connectivity index (χ0v) is 16.4. The first-order chi connectivity index (χ1) is 15.3. The van der Waals surface area contributed by atoms with Gasteiger partial charge in [0.1, 0.15) is 17.2 Å². The van der Waals surface area contributed by atoms with E-state index in [0.717, 1.165) is 29.7 Å². The summed E-state index contributed by atoms with van der Waals surface area (Å²) in [5.74, 6) is -0.106. The van der Waals surface area contributed by atoms with Gasteiger partial charge in [-0.05, 0) is 60.7 Å². The van der Waals surface area contributed by atoms with Gasteiger partial charge in [0, 0.05) is 16.5 Å². The number of carbonyl (C=O) groups is 2. The van der Waals surface area contributed by atoms with Gasteiger partial charge in [0.25, 0.3) is 11.8 Å². The number of hydrogen-bond acceptors (Lipinski definition) is 3. The van der Waals surface area contributed by atoms with Gasteiger partial charge < -0.3 is 9.72 Å². The fraction of sp³-hybridized carbons (Fsp3) is 0.0435. The summed E-state index contributed by atoms with van der Waals surface area (Å²) < 4.78 is 43.6. The van der Waals surface area contributed by atoms with Crippen LogP contribution in [0.15, 0.2) is 78.9 Å². The highest BCUT2D eigenvalue weighted by Crippen LogP contribution is 2.29. The smallest absolute Gasteiger partial charge is 0.416 e. The zero-order chi connectivity index (χ0) is 22.7. The van der Waals surface area contributed by atoms with E-state index in [4.69, 9.17) is 4.74 Å². The standard InChI is InChI=1S/C23H16F3N3O3/c24-23(25,26)16-8-6-14(7-9-16)21(30)28-29-22(31)20-13-15-12-18(10-11-19(15)27-20)32-17-4-2-1-3-5-17/h1-13,27H,(H,28,30)(H,29,31). The van der Waals surface area contributed by atoms with E-state index in [1.807, 2.05) is 30.3 Å². The number of alkyl halides is 3. The lowest BCUT2D eigenvalue weighted by molar-refractivity contribution is -0.137. The Morgan fingerprint density at radius 2 is 1.47 bits per heavy atom. The number of aromatic nitrogens is 1. The van der Waals surface area contributed by atoms with Crippen LogP contribution in [0.2, 0.25) is 0 Å². The molecule has 0 spiro atoms. The first-order valence-corrected chi connectivity index (χ1v) is 9.43. The van der Waals surface area contributed by atoms with E-state index in [0.29, 0.717) is 17.0 Å². The van der Waals surface area contributed by atoms with Gasteiger partial charge in [-0.25, -0.2) is 0 Å². The number of benzene rings is 3. The highest BCUT2D eigenvalue weighted by atomic mass is 19.4. The lowest BCUT2D eigenvalue weighted by Gasteiger charge is -2.09. The predicted octanol–water partition coefficient (Wildman–Crippen LogP) is 5.05. The Balaban J connectivity index is 1.40. The van der Waals surface area contributed by atoms with Crippen LogP contribution in [0.3, 0.4) is 0 Å². The number of fused-ring (bicyclic) bond motifs is 1. The number of amides is 2. The van der Waals surface area contributed by atoms with Crippen LogP contribution in [0.1, 0.15) is 26.4 Å². The lowest BCUT2D eigenvalue weighted by atomic mass is 10.1. The van der Waals surface area contributed by atoms with E-state index in [1.165, 1.54) is 0 Å². The second-order valence-electron chi connectivity index (χ2n) is 6.83. The number of ether oxygens (including phenoxy) is 1. The normalized spacial score (nSPS) is 11.2. The molecule has 3 aromatic carbocycles. The number of carbonyl (C=O) groups excluding carboxylic acids is 2. The van der Waals surface area contributed by atoms with E-state index in [-0.39, 0.29) is 11.3 Å². The summed E-state index contributed by atoms with van der Waals surface area (Å²) in [6, 6.07) is 19.7. The van der Waals surface area contributed by atoms with E-state index >= 15 is 0 Å². The maximum atomic E-state index is 12.6. The molecule has 3 N–H and O–H groups in total. The largest absolute Gasteiger partial charge is 0.457 e. The molecule has 0 saturated heterocycles. The second-order valence-corrected chi connectivity index (χ2v) is 6.83. The Bertz CT molecular complexity index is 1270. The highest BCUT2D eigenvalue weighted by molar-refractivity contribution is 6.01. The van der Waals surface area contributed by atoms with Crippen molar-refractivity contribution < 1.29 is 27.5 Å². The molecule has 0 aliphatic rings. The predicted molar refractivity (Wildman–Crippen MR) is 111 cm³/mol. The Hall–Kier alpha value is -4.27. The van der Waals surface area contributed by atoms with Crippen LogP contribution in [-0.4, -0.2) is 16.8 Å². The molecule has 32 heavy (non-hydrogen) atoms. The van der Waals surface area contributed by atoms with Crippen LogP contribution < -0.4 is 15.6 Å². The number of rotatable bonds is 4. The SMILES string of the molecule is O=C(NNC(=O)c1cc2cc(Oc3ccccc3)ccc2[nH]1)c1ccc(C(F)(F)F)cc1. The van der Waals surface area contributed by atoms with Crippen LogP contribution in [0.4, 0.5) is 13.2 Å². The first-order valence-electron chi connectivity index (χ1n) is 9.43. The van der Waals surface area contributed by atoms with Gasteiger partial charge in [-0.1, -0.05) is 18.2 Å². The molecular formula is C23H16F3N3O3. The summed E-state index contributed by atoms with van der Waals surface area (Å²) in [5, 5.41) is 0.720. The molecule has 0 saturated carbocycles. The number of halogens is 3. The van der Waals surface area contributed by atoms with Crippen molar-refractivity contribution in [3.8, 4) is 11.5 Å². The maximum absolute atomic E-state index is 12.6. The van der Waals surface area contributed by atoms with Crippen molar-refractivity contribution in [2.75, 3.05) is 0 Å². The Labute approximate surface area is 180 Å². The summed E-state index contributed by atoms with van der Waals surface area (Å²) in [5.41, 5.74) is 4.38. The van der Waals surface area contributed by atoms with Gasteiger partial charge in [-0.2, -0.15) is 13.2 Å². The Kier molecular flexibility index (Phi) is 5.55. The molecule has 6 nitrogen and oxygen atoms in total. The molecule has 4 rings (SSSR count). The maximum Gasteiger partial charge on any atom is 0.416 e. The summed E-state index contributed by atoms with van der Waals surface area (Å²) in [4.78, 5) is 27.4. The lowest BCUT2D eigenvalue weighted by Crippen LogP contribution is -2.41. The van der Waals surface area contributed by atoms with Crippen LogP contribution in [-0.2, 0) is 6.18 Å². The van der Waals surface area contributed by atoms with E-state index < -0.39 is 23.6 Å². The molecule has 0 atom stereocenters. The molecule has 9 heteroatoms. The average molecular weight is 439 g/mol. The van der Waals surface area contributed by atoms with Crippen molar-refractivity contribution in [3.63, 3.8) is 0 Å². The number of nitrogens with one attached hydrogen (secondary N) is 3. The minimum atomic E-state index is -4.50. The fourth-order valence-electron chi connectivity index (χ4n) is 2.98. The van der Waals surface area contributed by atoms with Crippen molar-refractivity contribution in [3.05, 3.63) is 95.7 Å². The topological polar surface area (TPSA) is 83.2 Å². The minimum absolute atomic E-state index is 0.0300. The van der Waals surface area contributed by atoms with Gasteiger partial charge in [-0.3, -0.25) is 20.4 Å². The third-order valence-corrected chi connectivity index (χ3v) is 4.58. The van der Waals surface area contributed by atoms with Crippen LogP contribution in [0, 0.1) is 0 Å². The molecule has 2 amide bonds. The second kappa shape index (κ2) is 8.46. The van der Waals surface area contributed by atoms with Gasteiger partial charge in [-0.15, -0.1) is 0 Å². The van der Waals surface area contributed by atoms with Gasteiger partial charge in [0.05, 0.1) is 5.56 Å². The molecule has 0 fully saturated rings. The third kappa shape index (κ3) is 4.72. The van der Waals surface area contributed by atoms with Crippen LogP contribution >= 0.6 is 0 Å². The minimum Gasteiger partial charge on any atom is -0.457 e. The van der Waals surface area contributed by atoms with Gasteiger partial charge in [0.2, 0.25) is 0 Å². The molecule has 4 aromatic rings. The zero-order valence-electron chi connectivity index (χ0n) is 16.4.